The molecule has 29 heavy (non-hydrogen) atoms. The van der Waals surface area contributed by atoms with Gasteiger partial charge in [0.05, 0.1) is 5.69 Å². The van der Waals surface area contributed by atoms with Crippen LogP contribution in [0.15, 0.2) is 35.6 Å². The van der Waals surface area contributed by atoms with Crippen LogP contribution >= 0.6 is 11.8 Å². The predicted octanol–water partition coefficient (Wildman–Crippen LogP) is 3.18. The minimum absolute atomic E-state index is 0.159. The van der Waals surface area contributed by atoms with Crippen LogP contribution in [0.25, 0.3) is 0 Å². The van der Waals surface area contributed by atoms with E-state index in [0.717, 1.165) is 62.2 Å². The Labute approximate surface area is 171 Å². The van der Waals surface area contributed by atoms with Crippen LogP contribution in [0, 0.1) is 0 Å². The molecule has 2 aromatic rings. The third-order valence-electron chi connectivity index (χ3n) is 4.82. The van der Waals surface area contributed by atoms with Gasteiger partial charge in [-0.3, -0.25) is 4.90 Å². The summed E-state index contributed by atoms with van der Waals surface area (Å²) in [5, 5.41) is 0.159. The topological polar surface area (TPSA) is 50.7 Å². The van der Waals surface area contributed by atoms with E-state index in [1.54, 1.807) is 0 Å². The minimum atomic E-state index is -4.44. The second-order valence-corrected chi connectivity index (χ2v) is 7.76. The van der Waals surface area contributed by atoms with Gasteiger partial charge in [0.2, 0.25) is 0 Å². The maximum atomic E-state index is 12.7. The van der Waals surface area contributed by atoms with Crippen molar-refractivity contribution in [3.8, 4) is 11.5 Å². The van der Waals surface area contributed by atoms with E-state index in [1.807, 2.05) is 18.2 Å². The third-order valence-corrected chi connectivity index (χ3v) is 5.66. The Morgan fingerprint density at radius 2 is 1.83 bits per heavy atom. The van der Waals surface area contributed by atoms with Crippen molar-refractivity contribution in [1.82, 2.24) is 14.9 Å². The molecule has 156 valence electrons. The highest BCUT2D eigenvalue weighted by atomic mass is 32.2. The monoisotopic (exact) mass is 426 g/mol. The van der Waals surface area contributed by atoms with Crippen LogP contribution in [0.4, 0.5) is 18.9 Å². The second kappa shape index (κ2) is 8.66. The van der Waals surface area contributed by atoms with Crippen LogP contribution in [0.1, 0.15) is 5.69 Å². The van der Waals surface area contributed by atoms with Gasteiger partial charge in [-0.05, 0) is 18.2 Å². The minimum Gasteiger partial charge on any atom is -0.486 e. The molecule has 2 aliphatic heterocycles. The number of rotatable bonds is 5. The Morgan fingerprint density at radius 3 is 2.62 bits per heavy atom. The van der Waals surface area contributed by atoms with Crippen molar-refractivity contribution in [2.75, 3.05) is 56.6 Å². The molecule has 2 aliphatic rings. The molecule has 1 saturated heterocycles. The molecule has 0 spiro atoms. The summed E-state index contributed by atoms with van der Waals surface area (Å²) >= 11 is 1.25. The molecule has 0 amide bonds. The van der Waals surface area contributed by atoms with Crippen LogP contribution < -0.4 is 14.4 Å². The molecule has 0 radical (unpaired) electrons. The molecule has 0 atom stereocenters. The molecule has 4 rings (SSSR count). The van der Waals surface area contributed by atoms with E-state index in [0.29, 0.717) is 19.0 Å². The van der Waals surface area contributed by atoms with Gasteiger partial charge in [-0.1, -0.05) is 17.8 Å². The lowest BCUT2D eigenvalue weighted by Gasteiger charge is -2.37. The van der Waals surface area contributed by atoms with Gasteiger partial charge in [-0.25, -0.2) is 9.97 Å². The number of para-hydroxylation sites is 1. The highest BCUT2D eigenvalue weighted by molar-refractivity contribution is 7.99. The van der Waals surface area contributed by atoms with Crippen LogP contribution in [-0.4, -0.2) is 66.6 Å². The first kappa shape index (κ1) is 20.1. The van der Waals surface area contributed by atoms with Crippen molar-refractivity contribution in [2.45, 2.75) is 11.3 Å². The number of anilines is 1. The van der Waals surface area contributed by atoms with Gasteiger partial charge in [0.25, 0.3) is 0 Å². The molecule has 1 aromatic heterocycles. The molecule has 0 saturated carbocycles. The Hall–Kier alpha value is -2.20. The van der Waals surface area contributed by atoms with Crippen LogP contribution in [0.5, 0.6) is 11.5 Å². The summed E-state index contributed by atoms with van der Waals surface area (Å²) in [4.78, 5) is 12.1. The molecule has 1 fully saturated rings. The van der Waals surface area contributed by atoms with Gasteiger partial charge in [-0.2, -0.15) is 13.2 Å². The largest absolute Gasteiger partial charge is 0.486 e. The molecule has 6 nitrogen and oxygen atoms in total. The lowest BCUT2D eigenvalue weighted by Crippen LogP contribution is -2.47. The summed E-state index contributed by atoms with van der Waals surface area (Å²) in [6, 6.07) is 6.83. The maximum Gasteiger partial charge on any atom is 0.433 e. The summed E-state index contributed by atoms with van der Waals surface area (Å²) in [6.45, 7) is 5.33. The summed E-state index contributed by atoms with van der Waals surface area (Å²) in [5.41, 5.74) is 0.148. The summed E-state index contributed by atoms with van der Waals surface area (Å²) in [7, 11) is 0. The zero-order valence-electron chi connectivity index (χ0n) is 15.7. The fourth-order valence-electron chi connectivity index (χ4n) is 3.35. The summed E-state index contributed by atoms with van der Waals surface area (Å²) in [5.74, 6) is 2.23. The fraction of sp³-hybridized carbons (Fsp3) is 0.474. The van der Waals surface area contributed by atoms with Gasteiger partial charge < -0.3 is 14.4 Å². The number of thioether (sulfide) groups is 1. The number of fused-ring (bicyclic) bond motifs is 1. The Balaban J connectivity index is 1.27. The number of alkyl halides is 3. The molecular formula is C19H21F3N4O2S. The summed E-state index contributed by atoms with van der Waals surface area (Å²) in [6.07, 6.45) is -3.29. The third kappa shape index (κ3) is 4.87. The van der Waals surface area contributed by atoms with Crippen LogP contribution in [0.2, 0.25) is 0 Å². The molecule has 1 aromatic carbocycles. The van der Waals surface area contributed by atoms with Crippen molar-refractivity contribution in [3.63, 3.8) is 0 Å². The number of nitrogens with zero attached hydrogens (tertiary/aromatic N) is 4. The van der Waals surface area contributed by atoms with E-state index in [9.17, 15) is 13.2 Å². The van der Waals surface area contributed by atoms with Gasteiger partial charge in [0.15, 0.2) is 16.7 Å². The van der Waals surface area contributed by atoms with E-state index in [-0.39, 0.29) is 5.16 Å². The van der Waals surface area contributed by atoms with E-state index in [2.05, 4.69) is 19.8 Å². The maximum absolute atomic E-state index is 12.7. The number of piperazine rings is 1. The Bertz CT molecular complexity index is 844. The summed E-state index contributed by atoms with van der Waals surface area (Å²) < 4.78 is 49.7. The lowest BCUT2D eigenvalue weighted by atomic mass is 10.2. The number of aromatic nitrogens is 2. The van der Waals surface area contributed by atoms with Crippen molar-refractivity contribution < 1.29 is 22.6 Å². The van der Waals surface area contributed by atoms with E-state index >= 15 is 0 Å². The Morgan fingerprint density at radius 1 is 1.03 bits per heavy atom. The molecule has 0 aliphatic carbocycles. The van der Waals surface area contributed by atoms with E-state index in [4.69, 9.17) is 9.47 Å². The van der Waals surface area contributed by atoms with Crippen molar-refractivity contribution in [3.05, 3.63) is 36.2 Å². The predicted molar refractivity (Wildman–Crippen MR) is 104 cm³/mol. The smallest absolute Gasteiger partial charge is 0.433 e. The van der Waals surface area contributed by atoms with Crippen molar-refractivity contribution in [1.29, 1.82) is 0 Å². The van der Waals surface area contributed by atoms with Crippen molar-refractivity contribution >= 4 is 17.4 Å². The normalized spacial score (nSPS) is 17.4. The molecule has 10 heteroatoms. The number of hydrogen-bond donors (Lipinski definition) is 0. The van der Waals surface area contributed by atoms with Gasteiger partial charge in [0, 0.05) is 44.7 Å². The quantitative estimate of drug-likeness (QED) is 0.538. The molecular weight excluding hydrogens is 405 g/mol. The zero-order valence-corrected chi connectivity index (χ0v) is 16.5. The molecule has 3 heterocycles. The van der Waals surface area contributed by atoms with E-state index in [1.165, 1.54) is 11.8 Å². The molecule has 0 unspecified atom stereocenters. The van der Waals surface area contributed by atoms with Gasteiger partial charge in [0.1, 0.15) is 18.9 Å². The first-order valence-electron chi connectivity index (χ1n) is 9.40. The second-order valence-electron chi connectivity index (χ2n) is 6.70. The highest BCUT2D eigenvalue weighted by Gasteiger charge is 2.32. The van der Waals surface area contributed by atoms with Crippen LogP contribution in [-0.2, 0) is 6.18 Å². The molecule has 0 bridgehead atoms. The standard InChI is InChI=1S/C19H21F3N4O2S/c20-19(21,22)16-4-5-23-18(24-16)29-13-10-25-6-8-26(9-7-25)14-2-1-3-15-17(14)28-12-11-27-15/h1-5H,6-13H2. The highest BCUT2D eigenvalue weighted by Crippen LogP contribution is 2.39. The number of halogens is 3. The first-order chi connectivity index (χ1) is 14.0. The SMILES string of the molecule is FC(F)(F)c1ccnc(SCCN2CCN(c3cccc4c3OCCO4)CC2)n1. The number of benzene rings is 1. The Kier molecular flexibility index (Phi) is 6.00. The number of ether oxygens (including phenoxy) is 2. The zero-order chi connectivity index (χ0) is 20.3. The van der Waals surface area contributed by atoms with Crippen molar-refractivity contribution in [2.24, 2.45) is 0 Å². The van der Waals surface area contributed by atoms with Gasteiger partial charge in [-0.15, -0.1) is 0 Å². The lowest BCUT2D eigenvalue weighted by molar-refractivity contribution is -0.141. The first-order valence-corrected chi connectivity index (χ1v) is 10.4. The average molecular weight is 426 g/mol. The molecule has 0 N–H and O–H groups in total. The fourth-order valence-corrected chi connectivity index (χ4v) is 4.18. The van der Waals surface area contributed by atoms with Gasteiger partial charge >= 0.3 is 6.18 Å². The van der Waals surface area contributed by atoms with Crippen LogP contribution in [0.3, 0.4) is 0 Å². The average Bonchev–Trinajstić information content (AvgIpc) is 2.74. The number of hydrogen-bond acceptors (Lipinski definition) is 7. The van der Waals surface area contributed by atoms with E-state index < -0.39 is 11.9 Å².